The van der Waals surface area contributed by atoms with Crippen LogP contribution in [-0.4, -0.2) is 28.3 Å². The van der Waals surface area contributed by atoms with Crippen LogP contribution in [0.1, 0.15) is 26.5 Å². The van der Waals surface area contributed by atoms with E-state index in [1.165, 1.54) is 0 Å². The van der Waals surface area contributed by atoms with Gasteiger partial charge < -0.3 is 9.32 Å². The largest absolute Gasteiger partial charge is 0.408 e. The molecule has 0 bridgehead atoms. The van der Waals surface area contributed by atoms with Gasteiger partial charge in [0, 0.05) is 13.1 Å². The molecule has 0 aliphatic carbocycles. The van der Waals surface area contributed by atoms with E-state index in [4.69, 9.17) is 16.6 Å². The lowest BCUT2D eigenvalue weighted by Crippen LogP contribution is -2.21. The summed E-state index contributed by atoms with van der Waals surface area (Å²) in [4.78, 5) is 8.13. The summed E-state index contributed by atoms with van der Waals surface area (Å²) in [5, 5.41) is 7.73. The number of hydrogen-bond donors (Lipinski definition) is 1. The Morgan fingerprint density at radius 3 is 2.56 bits per heavy atom. The van der Waals surface area contributed by atoms with Crippen molar-refractivity contribution in [2.75, 3.05) is 18.0 Å². The van der Waals surface area contributed by atoms with E-state index in [9.17, 15) is 0 Å². The summed E-state index contributed by atoms with van der Waals surface area (Å²) in [7, 11) is 0. The zero-order valence-corrected chi connectivity index (χ0v) is 12.3. The van der Waals surface area contributed by atoms with Gasteiger partial charge in [0.1, 0.15) is 4.88 Å². The van der Waals surface area contributed by atoms with E-state index < -0.39 is 0 Å². The van der Waals surface area contributed by atoms with Gasteiger partial charge in [-0.3, -0.25) is 0 Å². The van der Waals surface area contributed by atoms with Crippen LogP contribution in [0.25, 0.3) is 10.8 Å². The fourth-order valence-corrected chi connectivity index (χ4v) is 3.04. The Kier molecular flexibility index (Phi) is 4.13. The lowest BCUT2D eigenvalue weighted by atomic mass is 10.3. The quantitative estimate of drug-likeness (QED) is 0.854. The molecule has 1 N–H and O–H groups in total. The number of H-pyrrole nitrogens is 1. The monoisotopic (exact) mass is 284 g/mol. The second-order valence-corrected chi connectivity index (χ2v) is 5.06. The number of aromatic nitrogens is 3. The Labute approximate surface area is 115 Å². The number of thiazole rings is 1. The number of aryl methyl sites for hydroxylation is 1. The minimum absolute atomic E-state index is 0.296. The third kappa shape index (κ3) is 2.46. The standard InChI is InChI=1S/C11H16N4OS2/c1-4-7-8(9-13-14-11(17)16-9)18-10(12-7)15(5-2)6-3/h4-6H2,1-3H3,(H,14,17). The van der Waals surface area contributed by atoms with E-state index in [0.29, 0.717) is 10.7 Å². The molecule has 0 spiro atoms. The summed E-state index contributed by atoms with van der Waals surface area (Å²) in [6.07, 6.45) is 0.849. The molecule has 2 aromatic heterocycles. The molecule has 0 radical (unpaired) electrons. The van der Waals surface area contributed by atoms with Gasteiger partial charge in [-0.05, 0) is 32.5 Å². The van der Waals surface area contributed by atoms with Crippen LogP contribution in [0, 0.1) is 4.84 Å². The summed E-state index contributed by atoms with van der Waals surface area (Å²) in [6.45, 7) is 8.20. The molecule has 0 atom stereocenters. The van der Waals surface area contributed by atoms with Crippen molar-refractivity contribution in [2.45, 2.75) is 27.2 Å². The van der Waals surface area contributed by atoms with E-state index in [1.54, 1.807) is 11.3 Å². The molecule has 0 unspecified atom stereocenters. The van der Waals surface area contributed by atoms with Crippen LogP contribution in [0.4, 0.5) is 5.13 Å². The van der Waals surface area contributed by atoms with Crippen molar-refractivity contribution in [1.82, 2.24) is 15.2 Å². The van der Waals surface area contributed by atoms with Crippen molar-refractivity contribution in [3.8, 4) is 10.8 Å². The Bertz CT molecular complexity index is 568. The third-order valence-electron chi connectivity index (χ3n) is 2.69. The lowest BCUT2D eigenvalue weighted by molar-refractivity contribution is 0.552. The van der Waals surface area contributed by atoms with Crippen LogP contribution in [0.3, 0.4) is 0 Å². The SMILES string of the molecule is CCc1nc(N(CC)CC)sc1-c1n[nH]c(=S)o1. The van der Waals surface area contributed by atoms with Crippen LogP contribution in [0.5, 0.6) is 0 Å². The van der Waals surface area contributed by atoms with Gasteiger partial charge >= 0.3 is 0 Å². The zero-order chi connectivity index (χ0) is 13.1. The van der Waals surface area contributed by atoms with Crippen molar-refractivity contribution in [1.29, 1.82) is 0 Å². The molecule has 0 aliphatic rings. The number of aromatic amines is 1. The smallest absolute Gasteiger partial charge is 0.284 e. The summed E-state index contributed by atoms with van der Waals surface area (Å²) >= 11 is 6.51. The van der Waals surface area contributed by atoms with Crippen molar-refractivity contribution in [2.24, 2.45) is 0 Å². The first-order chi connectivity index (χ1) is 8.69. The first kappa shape index (κ1) is 13.2. The van der Waals surface area contributed by atoms with Crippen molar-refractivity contribution in [3.05, 3.63) is 10.5 Å². The van der Waals surface area contributed by atoms with Crippen LogP contribution < -0.4 is 4.90 Å². The molecular formula is C11H16N4OS2. The predicted octanol–water partition coefficient (Wildman–Crippen LogP) is 3.26. The van der Waals surface area contributed by atoms with E-state index >= 15 is 0 Å². The summed E-state index contributed by atoms with van der Waals surface area (Å²) in [6, 6.07) is 0. The van der Waals surface area contributed by atoms with Crippen molar-refractivity contribution in [3.63, 3.8) is 0 Å². The van der Waals surface area contributed by atoms with Crippen LogP contribution in [0.15, 0.2) is 4.42 Å². The highest BCUT2D eigenvalue weighted by Gasteiger charge is 2.18. The zero-order valence-electron chi connectivity index (χ0n) is 10.7. The maximum atomic E-state index is 5.37. The van der Waals surface area contributed by atoms with Gasteiger partial charge in [-0.2, -0.15) is 0 Å². The normalized spacial score (nSPS) is 10.8. The average molecular weight is 284 g/mol. The number of rotatable bonds is 5. The first-order valence-electron chi connectivity index (χ1n) is 6.00. The molecule has 2 heterocycles. The minimum atomic E-state index is 0.296. The number of anilines is 1. The number of nitrogens with zero attached hydrogens (tertiary/aromatic N) is 3. The molecule has 5 nitrogen and oxygen atoms in total. The molecule has 0 aromatic carbocycles. The average Bonchev–Trinajstić information content (AvgIpc) is 2.97. The first-order valence-corrected chi connectivity index (χ1v) is 7.22. The van der Waals surface area contributed by atoms with Gasteiger partial charge in [0.25, 0.3) is 10.7 Å². The van der Waals surface area contributed by atoms with E-state index in [1.807, 2.05) is 0 Å². The van der Waals surface area contributed by atoms with E-state index in [0.717, 1.165) is 35.2 Å². The molecule has 7 heteroatoms. The number of nitrogens with one attached hydrogen (secondary N) is 1. The Balaban J connectivity index is 2.44. The van der Waals surface area contributed by atoms with E-state index in [-0.39, 0.29) is 0 Å². The molecule has 0 aliphatic heterocycles. The molecule has 0 saturated heterocycles. The topological polar surface area (TPSA) is 58.0 Å². The Morgan fingerprint density at radius 1 is 1.33 bits per heavy atom. The summed E-state index contributed by atoms with van der Waals surface area (Å²) in [5.41, 5.74) is 1.01. The third-order valence-corrected chi connectivity index (χ3v) is 4.01. The summed E-state index contributed by atoms with van der Waals surface area (Å²) in [5.74, 6) is 0.535. The maximum Gasteiger partial charge on any atom is 0.284 e. The predicted molar refractivity (Wildman–Crippen MR) is 75.7 cm³/mol. The molecule has 0 amide bonds. The molecule has 18 heavy (non-hydrogen) atoms. The second kappa shape index (κ2) is 5.62. The highest BCUT2D eigenvalue weighted by molar-refractivity contribution is 7.71. The van der Waals surface area contributed by atoms with Crippen LogP contribution >= 0.6 is 23.6 Å². The van der Waals surface area contributed by atoms with Gasteiger partial charge in [0.2, 0.25) is 0 Å². The van der Waals surface area contributed by atoms with Gasteiger partial charge in [-0.25, -0.2) is 10.1 Å². The molecule has 0 fully saturated rings. The van der Waals surface area contributed by atoms with Gasteiger partial charge in [0.05, 0.1) is 5.69 Å². The summed E-state index contributed by atoms with van der Waals surface area (Å²) < 4.78 is 5.37. The fraction of sp³-hybridized carbons (Fsp3) is 0.545. The molecule has 2 rings (SSSR count). The number of hydrogen-bond acceptors (Lipinski definition) is 6. The van der Waals surface area contributed by atoms with Crippen molar-refractivity contribution >= 4 is 28.7 Å². The minimum Gasteiger partial charge on any atom is -0.408 e. The maximum absolute atomic E-state index is 5.37. The Morgan fingerprint density at radius 2 is 2.06 bits per heavy atom. The lowest BCUT2D eigenvalue weighted by Gasteiger charge is -2.16. The van der Waals surface area contributed by atoms with Crippen LogP contribution in [0.2, 0.25) is 0 Å². The molecule has 0 saturated carbocycles. The fourth-order valence-electron chi connectivity index (χ4n) is 1.70. The molecule has 2 aromatic rings. The van der Waals surface area contributed by atoms with Crippen molar-refractivity contribution < 1.29 is 4.42 Å². The van der Waals surface area contributed by atoms with E-state index in [2.05, 4.69) is 40.9 Å². The highest BCUT2D eigenvalue weighted by atomic mass is 32.1. The molecule has 98 valence electrons. The molecular weight excluding hydrogens is 268 g/mol. The van der Waals surface area contributed by atoms with Gasteiger partial charge in [0.15, 0.2) is 5.13 Å². The Hall–Kier alpha value is -1.21. The highest BCUT2D eigenvalue weighted by Crippen LogP contribution is 2.34. The van der Waals surface area contributed by atoms with Gasteiger partial charge in [-0.1, -0.05) is 18.3 Å². The van der Waals surface area contributed by atoms with Crippen LogP contribution in [-0.2, 0) is 6.42 Å². The second-order valence-electron chi connectivity index (χ2n) is 3.72. The van der Waals surface area contributed by atoms with Gasteiger partial charge in [-0.15, -0.1) is 5.10 Å².